The Labute approximate surface area is 118 Å². The SMILES string of the molecule is CC(ON=[N+]([O-])N(C)CCCO)OC(=O)OC(C)(C)C. The largest absolute Gasteiger partial charge is 0.569 e. The van der Waals surface area contributed by atoms with Gasteiger partial charge in [-0.05, 0) is 27.2 Å². The molecule has 118 valence electrons. The molecule has 0 aromatic heterocycles. The lowest BCUT2D eigenvalue weighted by Crippen LogP contribution is -2.29. The molecule has 0 fully saturated rings. The molecule has 0 aliphatic carbocycles. The molecular formula is C11H23N3O6. The first kappa shape index (κ1) is 18.2. The van der Waals surface area contributed by atoms with Crippen molar-refractivity contribution in [3.8, 4) is 0 Å². The summed E-state index contributed by atoms with van der Waals surface area (Å²) in [7, 11) is 1.48. The van der Waals surface area contributed by atoms with Crippen molar-refractivity contribution in [3.05, 3.63) is 5.21 Å². The lowest BCUT2D eigenvalue weighted by molar-refractivity contribution is -0.707. The number of aliphatic hydroxyl groups is 1. The summed E-state index contributed by atoms with van der Waals surface area (Å²) in [6.07, 6.45) is -1.55. The third-order valence-electron chi connectivity index (χ3n) is 1.85. The average molecular weight is 293 g/mol. The van der Waals surface area contributed by atoms with Crippen molar-refractivity contribution in [2.75, 3.05) is 20.2 Å². The lowest BCUT2D eigenvalue weighted by Gasteiger charge is -2.19. The van der Waals surface area contributed by atoms with Crippen LogP contribution in [-0.4, -0.2) is 53.3 Å². The van der Waals surface area contributed by atoms with Crippen LogP contribution in [0.1, 0.15) is 34.1 Å². The number of aliphatic hydroxyl groups excluding tert-OH is 1. The van der Waals surface area contributed by atoms with Crippen LogP contribution < -0.4 is 0 Å². The van der Waals surface area contributed by atoms with Crippen LogP contribution in [0.15, 0.2) is 5.28 Å². The maximum absolute atomic E-state index is 11.4. The molecule has 0 amide bonds. The molecular weight excluding hydrogens is 270 g/mol. The molecule has 0 aliphatic heterocycles. The topological polar surface area (TPSA) is 107 Å². The van der Waals surface area contributed by atoms with Crippen molar-refractivity contribution in [2.24, 2.45) is 5.28 Å². The summed E-state index contributed by atoms with van der Waals surface area (Å²) in [6.45, 7) is 6.76. The summed E-state index contributed by atoms with van der Waals surface area (Å²) in [4.78, 5) is 16.2. The van der Waals surface area contributed by atoms with Crippen molar-refractivity contribution in [1.29, 1.82) is 0 Å². The summed E-state index contributed by atoms with van der Waals surface area (Å²) < 4.78 is 9.64. The second-order valence-corrected chi connectivity index (χ2v) is 5.05. The Kier molecular flexibility index (Phi) is 7.67. The Bertz CT molecular complexity index is 329. The number of carbonyl (C=O) groups excluding carboxylic acids is 1. The molecule has 0 saturated heterocycles. The number of hydrazine groups is 1. The molecule has 9 nitrogen and oxygen atoms in total. The second kappa shape index (κ2) is 8.41. The fourth-order valence-electron chi connectivity index (χ4n) is 0.985. The van der Waals surface area contributed by atoms with E-state index in [0.717, 1.165) is 0 Å². The fraction of sp³-hybridized carbons (Fsp3) is 0.909. The first-order valence-corrected chi connectivity index (χ1v) is 6.21. The van der Waals surface area contributed by atoms with E-state index in [1.54, 1.807) is 20.8 Å². The summed E-state index contributed by atoms with van der Waals surface area (Å²) in [5.41, 5.74) is -0.678. The van der Waals surface area contributed by atoms with Gasteiger partial charge in [-0.1, -0.05) is 0 Å². The van der Waals surface area contributed by atoms with Gasteiger partial charge in [-0.2, -0.15) is 0 Å². The predicted octanol–water partition coefficient (Wildman–Crippen LogP) is 1.41. The lowest BCUT2D eigenvalue weighted by atomic mass is 10.2. The van der Waals surface area contributed by atoms with Gasteiger partial charge in [0.25, 0.3) is 6.29 Å². The van der Waals surface area contributed by atoms with Gasteiger partial charge < -0.3 is 19.8 Å². The standard InChI is InChI=1S/C11H23N3O6/c1-9(18-10(16)19-11(2,3)4)20-12-14(17)13(5)7-6-8-15/h9,15H,6-8H2,1-5H3. The molecule has 0 bridgehead atoms. The summed E-state index contributed by atoms with van der Waals surface area (Å²) in [5, 5.41) is 24.4. The van der Waals surface area contributed by atoms with E-state index in [0.29, 0.717) is 13.0 Å². The molecule has 1 atom stereocenters. The maximum atomic E-state index is 11.4. The van der Waals surface area contributed by atoms with E-state index < -0.39 is 18.0 Å². The van der Waals surface area contributed by atoms with Crippen LogP contribution in [0.4, 0.5) is 4.79 Å². The Balaban J connectivity index is 4.14. The van der Waals surface area contributed by atoms with Gasteiger partial charge >= 0.3 is 6.16 Å². The van der Waals surface area contributed by atoms with Crippen LogP contribution in [0.3, 0.4) is 0 Å². The normalized spacial score (nSPS) is 13.6. The Morgan fingerprint density at radius 3 is 2.60 bits per heavy atom. The minimum Gasteiger partial charge on any atom is -0.569 e. The maximum Gasteiger partial charge on any atom is 0.511 e. The number of rotatable bonds is 7. The van der Waals surface area contributed by atoms with Gasteiger partial charge in [0.1, 0.15) is 5.60 Å². The Morgan fingerprint density at radius 1 is 1.50 bits per heavy atom. The van der Waals surface area contributed by atoms with Crippen LogP contribution in [0, 0.1) is 5.21 Å². The van der Waals surface area contributed by atoms with Gasteiger partial charge in [0.15, 0.2) is 0 Å². The molecule has 0 saturated carbocycles. The van der Waals surface area contributed by atoms with E-state index in [2.05, 4.69) is 5.28 Å². The van der Waals surface area contributed by atoms with Gasteiger partial charge in [-0.3, -0.25) is 4.84 Å². The van der Waals surface area contributed by atoms with Crippen molar-refractivity contribution >= 4 is 6.16 Å². The molecule has 0 aliphatic rings. The number of hydrogen-bond acceptors (Lipinski definition) is 7. The minimum absolute atomic E-state index is 0.0306. The summed E-state index contributed by atoms with van der Waals surface area (Å²) in [5.74, 6) is 0. The van der Waals surface area contributed by atoms with Crippen LogP contribution in [-0.2, 0) is 14.3 Å². The zero-order valence-electron chi connectivity index (χ0n) is 12.5. The number of hydrogen-bond donors (Lipinski definition) is 1. The van der Waals surface area contributed by atoms with Gasteiger partial charge in [0, 0.05) is 13.5 Å². The smallest absolute Gasteiger partial charge is 0.511 e. The van der Waals surface area contributed by atoms with E-state index in [4.69, 9.17) is 19.4 Å². The van der Waals surface area contributed by atoms with E-state index >= 15 is 0 Å². The monoisotopic (exact) mass is 293 g/mol. The molecule has 9 heteroatoms. The quantitative estimate of drug-likeness (QED) is 0.248. The third-order valence-corrected chi connectivity index (χ3v) is 1.85. The number of ether oxygens (including phenoxy) is 2. The van der Waals surface area contributed by atoms with Gasteiger partial charge in [-0.15, -0.1) is 5.01 Å². The zero-order valence-corrected chi connectivity index (χ0v) is 12.5. The van der Waals surface area contributed by atoms with Crippen LogP contribution >= 0.6 is 0 Å². The highest BCUT2D eigenvalue weighted by atomic mass is 16.8. The van der Waals surface area contributed by atoms with Gasteiger partial charge in [0.05, 0.1) is 18.6 Å². The second-order valence-electron chi connectivity index (χ2n) is 5.05. The van der Waals surface area contributed by atoms with Crippen molar-refractivity contribution in [2.45, 2.75) is 46.0 Å². The highest BCUT2D eigenvalue weighted by molar-refractivity contribution is 5.60. The van der Waals surface area contributed by atoms with Crippen LogP contribution in [0.25, 0.3) is 0 Å². The van der Waals surface area contributed by atoms with Crippen LogP contribution in [0.5, 0.6) is 0 Å². The van der Waals surface area contributed by atoms with E-state index in [1.807, 2.05) is 0 Å². The van der Waals surface area contributed by atoms with E-state index in [9.17, 15) is 10.0 Å². The summed E-state index contributed by atoms with van der Waals surface area (Å²) in [6, 6.07) is 0. The fourth-order valence-corrected chi connectivity index (χ4v) is 0.985. The summed E-state index contributed by atoms with van der Waals surface area (Å²) >= 11 is 0. The molecule has 1 unspecified atom stereocenters. The van der Waals surface area contributed by atoms with Gasteiger partial charge in [-0.25, -0.2) is 4.79 Å². The predicted molar refractivity (Wildman–Crippen MR) is 68.3 cm³/mol. The molecule has 0 spiro atoms. The molecule has 1 N–H and O–H groups in total. The Morgan fingerprint density at radius 2 is 2.10 bits per heavy atom. The zero-order chi connectivity index (χ0) is 15.8. The number of nitrogens with zero attached hydrogens (tertiary/aromatic N) is 3. The van der Waals surface area contributed by atoms with E-state index in [-0.39, 0.29) is 11.6 Å². The number of carbonyl (C=O) groups is 1. The van der Waals surface area contributed by atoms with Crippen molar-refractivity contribution in [3.63, 3.8) is 0 Å². The molecule has 0 aromatic rings. The first-order valence-electron chi connectivity index (χ1n) is 6.21. The Hall–Kier alpha value is -1.77. The molecule has 0 aromatic carbocycles. The molecule has 0 rings (SSSR count). The molecule has 0 heterocycles. The third kappa shape index (κ3) is 9.20. The van der Waals surface area contributed by atoms with Crippen LogP contribution in [0.2, 0.25) is 0 Å². The van der Waals surface area contributed by atoms with E-state index in [1.165, 1.54) is 19.0 Å². The molecule has 20 heavy (non-hydrogen) atoms. The molecule has 0 radical (unpaired) electrons. The van der Waals surface area contributed by atoms with Gasteiger partial charge in [0.2, 0.25) is 5.28 Å². The highest BCUT2D eigenvalue weighted by Gasteiger charge is 2.20. The van der Waals surface area contributed by atoms with Crippen molar-refractivity contribution < 1.29 is 29.2 Å². The minimum atomic E-state index is -1.06. The highest BCUT2D eigenvalue weighted by Crippen LogP contribution is 2.09. The van der Waals surface area contributed by atoms with Crippen molar-refractivity contribution in [1.82, 2.24) is 5.01 Å². The first-order chi connectivity index (χ1) is 9.15. The average Bonchev–Trinajstić information content (AvgIpc) is 2.30.